The molecule has 2 N–H and O–H groups in total. The fourth-order valence-electron chi connectivity index (χ4n) is 1.44. The van der Waals surface area contributed by atoms with E-state index in [1.165, 1.54) is 5.56 Å². The van der Waals surface area contributed by atoms with E-state index < -0.39 is 0 Å². The lowest BCUT2D eigenvalue weighted by Crippen LogP contribution is -2.13. The van der Waals surface area contributed by atoms with Crippen LogP contribution in [0.25, 0.3) is 0 Å². The minimum atomic E-state index is -0.231. The molecule has 0 bridgehead atoms. The molecular formula is C12H12BrN3. The summed E-state index contributed by atoms with van der Waals surface area (Å²) in [7, 11) is 0. The summed E-state index contributed by atoms with van der Waals surface area (Å²) in [6.07, 6.45) is 4.98. The number of nitrogens with two attached hydrogens (primary N) is 1. The molecule has 1 aromatic carbocycles. The Balaban J connectivity index is 2.34. The lowest BCUT2D eigenvalue weighted by Gasteiger charge is -2.12. The first-order valence-electron chi connectivity index (χ1n) is 4.96. The van der Waals surface area contributed by atoms with Gasteiger partial charge in [0.25, 0.3) is 0 Å². The molecule has 2 aromatic rings. The van der Waals surface area contributed by atoms with Crippen LogP contribution in [0.3, 0.4) is 0 Å². The van der Waals surface area contributed by atoms with Gasteiger partial charge in [0.1, 0.15) is 0 Å². The van der Waals surface area contributed by atoms with Gasteiger partial charge >= 0.3 is 0 Å². The Hall–Kier alpha value is -1.26. The molecule has 1 unspecified atom stereocenters. The number of aromatic nitrogens is 2. The highest BCUT2D eigenvalue weighted by Gasteiger charge is 2.10. The van der Waals surface area contributed by atoms with Gasteiger partial charge in [0.2, 0.25) is 0 Å². The summed E-state index contributed by atoms with van der Waals surface area (Å²) in [6.45, 7) is 2.04. The Morgan fingerprint density at radius 1 is 1.31 bits per heavy atom. The van der Waals surface area contributed by atoms with Crippen molar-refractivity contribution in [3.05, 3.63) is 58.1 Å². The SMILES string of the molecule is Cc1ccc(C(N)c2cnccn2)cc1Br. The summed E-state index contributed by atoms with van der Waals surface area (Å²) in [5, 5.41) is 0. The fraction of sp³-hybridized carbons (Fsp3) is 0.167. The van der Waals surface area contributed by atoms with Gasteiger partial charge < -0.3 is 5.73 Å². The zero-order valence-corrected chi connectivity index (χ0v) is 10.5. The van der Waals surface area contributed by atoms with Crippen molar-refractivity contribution >= 4 is 15.9 Å². The van der Waals surface area contributed by atoms with E-state index >= 15 is 0 Å². The molecule has 0 saturated carbocycles. The van der Waals surface area contributed by atoms with Crippen molar-refractivity contribution in [1.82, 2.24) is 9.97 Å². The van der Waals surface area contributed by atoms with Gasteiger partial charge in [-0.15, -0.1) is 0 Å². The number of benzene rings is 1. The Bertz CT molecular complexity index is 485. The number of nitrogens with zero attached hydrogens (tertiary/aromatic N) is 2. The quantitative estimate of drug-likeness (QED) is 0.918. The van der Waals surface area contributed by atoms with E-state index in [0.29, 0.717) is 0 Å². The molecule has 16 heavy (non-hydrogen) atoms. The Kier molecular flexibility index (Phi) is 3.31. The monoisotopic (exact) mass is 277 g/mol. The second kappa shape index (κ2) is 4.72. The van der Waals surface area contributed by atoms with Crippen molar-refractivity contribution in [2.45, 2.75) is 13.0 Å². The highest BCUT2D eigenvalue weighted by Crippen LogP contribution is 2.23. The highest BCUT2D eigenvalue weighted by molar-refractivity contribution is 9.10. The van der Waals surface area contributed by atoms with Gasteiger partial charge in [-0.05, 0) is 24.1 Å². The van der Waals surface area contributed by atoms with E-state index in [4.69, 9.17) is 5.73 Å². The third kappa shape index (κ3) is 2.28. The van der Waals surface area contributed by atoms with Crippen LogP contribution in [-0.4, -0.2) is 9.97 Å². The van der Waals surface area contributed by atoms with Crippen molar-refractivity contribution < 1.29 is 0 Å². The molecule has 4 heteroatoms. The van der Waals surface area contributed by atoms with E-state index in [1.807, 2.05) is 25.1 Å². The summed E-state index contributed by atoms with van der Waals surface area (Å²) >= 11 is 3.50. The van der Waals surface area contributed by atoms with Crippen LogP contribution in [0.15, 0.2) is 41.3 Å². The molecular weight excluding hydrogens is 266 g/mol. The van der Waals surface area contributed by atoms with Crippen molar-refractivity contribution in [2.75, 3.05) is 0 Å². The largest absolute Gasteiger partial charge is 0.319 e. The molecule has 0 amide bonds. The van der Waals surface area contributed by atoms with Crippen LogP contribution >= 0.6 is 15.9 Å². The number of hydrogen-bond acceptors (Lipinski definition) is 3. The van der Waals surface area contributed by atoms with Crippen LogP contribution < -0.4 is 5.73 Å². The Labute approximate surface area is 103 Å². The minimum absolute atomic E-state index is 0.231. The number of halogens is 1. The lowest BCUT2D eigenvalue weighted by atomic mass is 10.0. The topological polar surface area (TPSA) is 51.8 Å². The molecule has 0 spiro atoms. The van der Waals surface area contributed by atoms with Gasteiger partial charge in [-0.25, -0.2) is 0 Å². The molecule has 3 nitrogen and oxygen atoms in total. The van der Waals surface area contributed by atoms with Crippen molar-refractivity contribution in [3.8, 4) is 0 Å². The molecule has 1 heterocycles. The van der Waals surface area contributed by atoms with E-state index in [-0.39, 0.29) is 6.04 Å². The maximum Gasteiger partial charge on any atom is 0.0799 e. The summed E-state index contributed by atoms with van der Waals surface area (Å²) in [5.41, 5.74) is 9.10. The zero-order valence-electron chi connectivity index (χ0n) is 8.89. The number of rotatable bonds is 2. The summed E-state index contributed by atoms with van der Waals surface area (Å²) in [4.78, 5) is 8.22. The van der Waals surface area contributed by atoms with E-state index in [1.54, 1.807) is 18.6 Å². The van der Waals surface area contributed by atoms with Crippen LogP contribution in [0.4, 0.5) is 0 Å². The van der Waals surface area contributed by atoms with Gasteiger partial charge in [-0.3, -0.25) is 9.97 Å². The molecule has 0 aliphatic rings. The first-order chi connectivity index (χ1) is 7.68. The first-order valence-corrected chi connectivity index (χ1v) is 5.75. The fourth-order valence-corrected chi connectivity index (χ4v) is 1.84. The molecule has 2 rings (SSSR count). The maximum atomic E-state index is 6.11. The van der Waals surface area contributed by atoms with E-state index in [2.05, 4.69) is 25.9 Å². The number of aryl methyl sites for hydroxylation is 1. The molecule has 82 valence electrons. The molecule has 0 fully saturated rings. The van der Waals surface area contributed by atoms with Gasteiger partial charge in [0, 0.05) is 16.9 Å². The normalized spacial score (nSPS) is 12.4. The predicted octanol–water partition coefficient (Wildman–Crippen LogP) is 2.60. The Morgan fingerprint density at radius 2 is 2.12 bits per heavy atom. The van der Waals surface area contributed by atoms with Crippen LogP contribution in [-0.2, 0) is 0 Å². The average Bonchev–Trinajstić information content (AvgIpc) is 2.33. The second-order valence-corrected chi connectivity index (χ2v) is 4.47. The third-order valence-corrected chi connectivity index (χ3v) is 3.31. The average molecular weight is 278 g/mol. The molecule has 0 aliphatic heterocycles. The Morgan fingerprint density at radius 3 is 2.75 bits per heavy atom. The smallest absolute Gasteiger partial charge is 0.0799 e. The van der Waals surface area contributed by atoms with Crippen LogP contribution in [0.1, 0.15) is 22.9 Å². The van der Waals surface area contributed by atoms with E-state index in [0.717, 1.165) is 15.7 Å². The van der Waals surface area contributed by atoms with Gasteiger partial charge in [0.15, 0.2) is 0 Å². The predicted molar refractivity (Wildman–Crippen MR) is 66.9 cm³/mol. The molecule has 1 aromatic heterocycles. The van der Waals surface area contributed by atoms with Gasteiger partial charge in [0.05, 0.1) is 17.9 Å². The van der Waals surface area contributed by atoms with Crippen molar-refractivity contribution in [1.29, 1.82) is 0 Å². The third-order valence-electron chi connectivity index (χ3n) is 2.46. The standard InChI is InChI=1S/C12H12BrN3/c1-8-2-3-9(6-10(8)13)12(14)11-7-15-4-5-16-11/h2-7,12H,14H2,1H3. The van der Waals surface area contributed by atoms with Crippen LogP contribution in [0.2, 0.25) is 0 Å². The van der Waals surface area contributed by atoms with Crippen LogP contribution in [0.5, 0.6) is 0 Å². The van der Waals surface area contributed by atoms with Crippen LogP contribution in [0, 0.1) is 6.92 Å². The summed E-state index contributed by atoms with van der Waals surface area (Å²) in [5.74, 6) is 0. The highest BCUT2D eigenvalue weighted by atomic mass is 79.9. The second-order valence-electron chi connectivity index (χ2n) is 3.62. The van der Waals surface area contributed by atoms with Gasteiger partial charge in [-0.1, -0.05) is 28.1 Å². The zero-order chi connectivity index (χ0) is 11.5. The molecule has 1 atom stereocenters. The summed E-state index contributed by atoms with van der Waals surface area (Å²) in [6, 6.07) is 5.84. The lowest BCUT2D eigenvalue weighted by molar-refractivity contribution is 0.816. The minimum Gasteiger partial charge on any atom is -0.319 e. The first kappa shape index (κ1) is 11.2. The maximum absolute atomic E-state index is 6.11. The molecule has 0 saturated heterocycles. The summed E-state index contributed by atoms with van der Waals surface area (Å²) < 4.78 is 1.06. The molecule has 0 aliphatic carbocycles. The molecule has 0 radical (unpaired) electrons. The van der Waals surface area contributed by atoms with Crippen molar-refractivity contribution in [2.24, 2.45) is 5.73 Å². The number of hydrogen-bond donors (Lipinski definition) is 1. The van der Waals surface area contributed by atoms with Gasteiger partial charge in [-0.2, -0.15) is 0 Å². The van der Waals surface area contributed by atoms with Crippen molar-refractivity contribution in [3.63, 3.8) is 0 Å². The van der Waals surface area contributed by atoms with E-state index in [9.17, 15) is 0 Å².